The maximum absolute atomic E-state index is 12.4. The smallest absolute Gasteiger partial charge is 0.266 e. The van der Waals surface area contributed by atoms with E-state index < -0.39 is 17.8 Å². The van der Waals surface area contributed by atoms with Crippen LogP contribution in [0.15, 0.2) is 42.5 Å². The van der Waals surface area contributed by atoms with Gasteiger partial charge in [-0.1, -0.05) is 29.8 Å². The predicted octanol–water partition coefficient (Wildman–Crippen LogP) is 1.50. The van der Waals surface area contributed by atoms with Gasteiger partial charge < -0.3 is 9.90 Å². The summed E-state index contributed by atoms with van der Waals surface area (Å²) in [6, 6.07) is 10.0. The molecule has 1 aliphatic heterocycles. The number of aromatic carboxylic acids is 1. The summed E-state index contributed by atoms with van der Waals surface area (Å²) in [6.07, 6.45) is 0. The normalized spacial score (nSPS) is 13.5. The lowest BCUT2D eigenvalue weighted by Crippen LogP contribution is -2.33. The SMILES string of the molecule is O=C([O-])c1ccccc1N1C(=O)c2ccc(Cl)cc2C1=O. The lowest BCUT2D eigenvalue weighted by molar-refractivity contribution is -0.254. The van der Waals surface area contributed by atoms with Gasteiger partial charge in [-0.15, -0.1) is 0 Å². The van der Waals surface area contributed by atoms with Gasteiger partial charge in [0, 0.05) is 10.6 Å². The van der Waals surface area contributed by atoms with Crippen molar-refractivity contribution in [2.45, 2.75) is 0 Å². The van der Waals surface area contributed by atoms with Gasteiger partial charge in [-0.3, -0.25) is 9.59 Å². The topological polar surface area (TPSA) is 77.5 Å². The average Bonchev–Trinajstić information content (AvgIpc) is 2.70. The number of benzene rings is 2. The molecule has 0 fully saturated rings. The van der Waals surface area contributed by atoms with E-state index in [0.717, 1.165) is 4.90 Å². The van der Waals surface area contributed by atoms with Crippen LogP contribution < -0.4 is 10.0 Å². The lowest BCUT2D eigenvalue weighted by atomic mass is 10.1. The van der Waals surface area contributed by atoms with Crippen LogP contribution in [-0.2, 0) is 0 Å². The van der Waals surface area contributed by atoms with Crippen molar-refractivity contribution in [2.24, 2.45) is 0 Å². The lowest BCUT2D eigenvalue weighted by Gasteiger charge is -2.18. The Kier molecular flexibility index (Phi) is 2.99. The first-order valence-corrected chi connectivity index (χ1v) is 6.37. The quantitative estimate of drug-likeness (QED) is 0.788. The molecule has 104 valence electrons. The molecule has 0 aromatic heterocycles. The van der Waals surface area contributed by atoms with Gasteiger partial charge >= 0.3 is 0 Å². The standard InChI is InChI=1S/C15H8ClNO4/c16-8-5-6-9-11(7-8)14(19)17(13(9)18)12-4-2-1-3-10(12)15(20)21/h1-7H,(H,20,21)/p-1. The zero-order valence-corrected chi connectivity index (χ0v) is 11.3. The summed E-state index contributed by atoms with van der Waals surface area (Å²) in [5.41, 5.74) is 0.108. The average molecular weight is 301 g/mol. The van der Waals surface area contributed by atoms with Crippen molar-refractivity contribution in [3.8, 4) is 0 Å². The number of amides is 2. The van der Waals surface area contributed by atoms with Crippen molar-refractivity contribution < 1.29 is 19.5 Å². The minimum atomic E-state index is -1.46. The highest BCUT2D eigenvalue weighted by Crippen LogP contribution is 2.31. The molecule has 0 spiro atoms. The Morgan fingerprint density at radius 2 is 1.67 bits per heavy atom. The molecule has 0 bridgehead atoms. The van der Waals surface area contributed by atoms with Crippen molar-refractivity contribution in [2.75, 3.05) is 4.90 Å². The Labute approximate surface area is 124 Å². The molecule has 6 heteroatoms. The van der Waals surface area contributed by atoms with E-state index in [4.69, 9.17) is 11.6 Å². The van der Waals surface area contributed by atoms with E-state index in [1.54, 1.807) is 0 Å². The number of carboxylic acids is 1. The Morgan fingerprint density at radius 1 is 1.00 bits per heavy atom. The summed E-state index contributed by atoms with van der Waals surface area (Å²) in [7, 11) is 0. The number of carbonyl (C=O) groups is 3. The van der Waals surface area contributed by atoms with Crippen LogP contribution in [0.5, 0.6) is 0 Å². The minimum Gasteiger partial charge on any atom is -0.545 e. The fourth-order valence-electron chi connectivity index (χ4n) is 2.27. The Morgan fingerprint density at radius 3 is 2.38 bits per heavy atom. The first-order valence-electron chi connectivity index (χ1n) is 5.99. The van der Waals surface area contributed by atoms with Crippen molar-refractivity contribution >= 4 is 35.1 Å². The molecule has 0 N–H and O–H groups in total. The van der Waals surface area contributed by atoms with Crippen molar-refractivity contribution in [1.82, 2.24) is 0 Å². The van der Waals surface area contributed by atoms with E-state index in [9.17, 15) is 19.5 Å². The predicted molar refractivity (Wildman–Crippen MR) is 73.4 cm³/mol. The van der Waals surface area contributed by atoms with Gasteiger partial charge in [0.15, 0.2) is 0 Å². The molecule has 1 heterocycles. The van der Waals surface area contributed by atoms with Gasteiger partial charge in [-0.05, 0) is 24.3 Å². The van der Waals surface area contributed by atoms with Gasteiger partial charge in [0.25, 0.3) is 11.8 Å². The molecule has 1 aliphatic rings. The molecule has 5 nitrogen and oxygen atoms in total. The third-order valence-electron chi connectivity index (χ3n) is 3.21. The van der Waals surface area contributed by atoms with Crippen LogP contribution in [0.3, 0.4) is 0 Å². The number of hydrogen-bond donors (Lipinski definition) is 0. The fraction of sp³-hybridized carbons (Fsp3) is 0. The van der Waals surface area contributed by atoms with Gasteiger partial charge in [-0.2, -0.15) is 0 Å². The number of fused-ring (bicyclic) bond motifs is 1. The third-order valence-corrected chi connectivity index (χ3v) is 3.45. The van der Waals surface area contributed by atoms with Crippen molar-refractivity contribution in [3.63, 3.8) is 0 Å². The second kappa shape index (κ2) is 4.71. The summed E-state index contributed by atoms with van der Waals surface area (Å²) in [6.45, 7) is 0. The summed E-state index contributed by atoms with van der Waals surface area (Å²) in [5, 5.41) is 11.5. The van der Waals surface area contributed by atoms with Gasteiger partial charge in [0.1, 0.15) is 0 Å². The Balaban J connectivity index is 2.17. The first kappa shape index (κ1) is 13.3. The minimum absolute atomic E-state index is 0.0141. The Hall–Kier alpha value is -2.66. The number of carbonyl (C=O) groups excluding carboxylic acids is 3. The van der Waals surface area contributed by atoms with Crippen molar-refractivity contribution in [1.29, 1.82) is 0 Å². The van der Waals surface area contributed by atoms with Gasteiger partial charge in [0.05, 0.1) is 22.8 Å². The van der Waals surface area contributed by atoms with Crippen LogP contribution >= 0.6 is 11.6 Å². The van der Waals surface area contributed by atoms with Gasteiger partial charge in [-0.25, -0.2) is 4.90 Å². The van der Waals surface area contributed by atoms with E-state index in [2.05, 4.69) is 0 Å². The second-order valence-electron chi connectivity index (χ2n) is 4.44. The second-order valence-corrected chi connectivity index (χ2v) is 4.88. The zero-order chi connectivity index (χ0) is 15.1. The van der Waals surface area contributed by atoms with Crippen molar-refractivity contribution in [3.05, 3.63) is 64.2 Å². The largest absolute Gasteiger partial charge is 0.545 e. The third kappa shape index (κ3) is 1.98. The molecule has 0 saturated heterocycles. The maximum atomic E-state index is 12.4. The number of para-hydroxylation sites is 1. The zero-order valence-electron chi connectivity index (χ0n) is 10.5. The molecule has 0 unspecified atom stereocenters. The first-order chi connectivity index (χ1) is 10.0. The highest BCUT2D eigenvalue weighted by molar-refractivity contribution is 6.37. The monoisotopic (exact) mass is 300 g/mol. The molecular weight excluding hydrogens is 294 g/mol. The molecule has 0 aliphatic carbocycles. The molecule has 0 saturated carbocycles. The number of rotatable bonds is 2. The molecule has 2 aromatic rings. The molecular formula is C15H7ClNO4-. The summed E-state index contributed by atoms with van der Waals surface area (Å²) < 4.78 is 0. The van der Waals surface area contributed by atoms with Crippen LogP contribution in [0.1, 0.15) is 31.1 Å². The maximum Gasteiger partial charge on any atom is 0.266 e. The summed E-state index contributed by atoms with van der Waals surface area (Å²) >= 11 is 5.83. The molecule has 3 rings (SSSR count). The molecule has 0 atom stereocenters. The highest BCUT2D eigenvalue weighted by atomic mass is 35.5. The molecule has 2 aromatic carbocycles. The highest BCUT2D eigenvalue weighted by Gasteiger charge is 2.37. The number of halogens is 1. The molecule has 21 heavy (non-hydrogen) atoms. The van der Waals surface area contributed by atoms with E-state index >= 15 is 0 Å². The van der Waals surface area contributed by atoms with E-state index in [-0.39, 0.29) is 22.4 Å². The molecule has 0 radical (unpaired) electrons. The number of imide groups is 1. The van der Waals surface area contributed by atoms with E-state index in [1.165, 1.54) is 42.5 Å². The summed E-state index contributed by atoms with van der Waals surface area (Å²) in [4.78, 5) is 36.7. The number of carboxylic acid groups (broad SMARTS) is 1. The number of anilines is 1. The summed E-state index contributed by atoms with van der Waals surface area (Å²) in [5.74, 6) is -2.65. The molecule has 2 amide bonds. The number of nitrogens with zero attached hydrogens (tertiary/aromatic N) is 1. The number of hydrogen-bond acceptors (Lipinski definition) is 4. The van der Waals surface area contributed by atoms with Gasteiger partial charge in [0.2, 0.25) is 0 Å². The van der Waals surface area contributed by atoms with E-state index in [0.29, 0.717) is 5.02 Å². The van der Waals surface area contributed by atoms with Crippen LogP contribution in [0, 0.1) is 0 Å². The van der Waals surface area contributed by atoms with Crippen LogP contribution in [0.25, 0.3) is 0 Å². The Bertz CT molecular complexity index is 800. The fourth-order valence-corrected chi connectivity index (χ4v) is 2.45. The van der Waals surface area contributed by atoms with Crippen LogP contribution in [-0.4, -0.2) is 17.8 Å². The van der Waals surface area contributed by atoms with E-state index in [1.807, 2.05) is 0 Å². The van der Waals surface area contributed by atoms with Crippen LogP contribution in [0.2, 0.25) is 5.02 Å². The van der Waals surface area contributed by atoms with Crippen LogP contribution in [0.4, 0.5) is 5.69 Å².